The maximum absolute atomic E-state index is 13.2. The van der Waals surface area contributed by atoms with Crippen LogP contribution < -0.4 is 5.32 Å². The summed E-state index contributed by atoms with van der Waals surface area (Å²) in [5.74, 6) is -0.899. The van der Waals surface area contributed by atoms with Crippen molar-refractivity contribution in [3.8, 4) is 0 Å². The van der Waals surface area contributed by atoms with Gasteiger partial charge < -0.3 is 19.7 Å². The molecule has 0 aromatic heterocycles. The predicted octanol–water partition coefficient (Wildman–Crippen LogP) is 2.79. The van der Waals surface area contributed by atoms with E-state index in [1.807, 2.05) is 19.1 Å². The molecule has 0 bridgehead atoms. The average Bonchev–Trinajstić information content (AvgIpc) is 2.85. The van der Waals surface area contributed by atoms with Crippen LogP contribution in [0.4, 0.5) is 4.79 Å². The third kappa shape index (κ3) is 5.47. The lowest BCUT2D eigenvalue weighted by molar-refractivity contribution is -0.164. The van der Waals surface area contributed by atoms with Gasteiger partial charge in [0.15, 0.2) is 0 Å². The van der Waals surface area contributed by atoms with Gasteiger partial charge in [-0.15, -0.1) is 0 Å². The molecular weight excluding hydrogens is 348 g/mol. The molecule has 152 valence electrons. The molecule has 2 aliphatic heterocycles. The summed E-state index contributed by atoms with van der Waals surface area (Å²) in [6.07, 6.45) is 4.46. The van der Waals surface area contributed by atoms with E-state index in [1.54, 1.807) is 46.4 Å². The fourth-order valence-electron chi connectivity index (χ4n) is 3.37. The fourth-order valence-corrected chi connectivity index (χ4v) is 3.37. The molecule has 0 aliphatic carbocycles. The number of carbonyl (C=O) groups excluding carboxylic acids is 3. The molecule has 0 aromatic rings. The highest BCUT2D eigenvalue weighted by atomic mass is 16.6. The normalized spacial score (nSPS) is 28.4. The number of nitrogens with zero attached hydrogens (tertiary/aromatic N) is 1. The number of hydrogen-bond donors (Lipinski definition) is 1. The second-order valence-corrected chi connectivity index (χ2v) is 9.31. The van der Waals surface area contributed by atoms with Gasteiger partial charge >= 0.3 is 12.1 Å². The van der Waals surface area contributed by atoms with E-state index in [0.29, 0.717) is 12.8 Å². The maximum atomic E-state index is 13.2. The lowest BCUT2D eigenvalue weighted by atomic mass is 10.0. The van der Waals surface area contributed by atoms with E-state index in [0.717, 1.165) is 0 Å². The number of hydrogen-bond acceptors (Lipinski definition) is 5. The molecule has 0 saturated carbocycles. The summed E-state index contributed by atoms with van der Waals surface area (Å²) >= 11 is 0. The van der Waals surface area contributed by atoms with Gasteiger partial charge in [0.25, 0.3) is 0 Å². The van der Waals surface area contributed by atoms with Gasteiger partial charge in [0, 0.05) is 5.92 Å². The van der Waals surface area contributed by atoms with E-state index in [9.17, 15) is 14.4 Å². The molecule has 0 aromatic carbocycles. The van der Waals surface area contributed by atoms with Gasteiger partial charge in [0.05, 0.1) is 6.04 Å². The van der Waals surface area contributed by atoms with E-state index < -0.39 is 35.3 Å². The Bertz CT molecular complexity index is 629. The van der Waals surface area contributed by atoms with Crippen LogP contribution in [0.3, 0.4) is 0 Å². The standard InChI is InChI=1S/C20H32N2O5/c1-12-8-9-13-10-11-14(17(24)26-19(2,3)4)22(13)16(23)15(12)21-18(25)27-20(5,6)7/h8-9,12-15H,10-11H2,1-7H3,(H,21,25)/t12-,13-,14-,15-/m0/s1. The number of ether oxygens (including phenoxy) is 2. The topological polar surface area (TPSA) is 84.9 Å². The molecule has 0 radical (unpaired) electrons. The molecule has 0 spiro atoms. The van der Waals surface area contributed by atoms with Crippen LogP contribution in [-0.4, -0.2) is 52.2 Å². The monoisotopic (exact) mass is 380 g/mol. The first-order valence-corrected chi connectivity index (χ1v) is 9.51. The van der Waals surface area contributed by atoms with Crippen LogP contribution in [0.1, 0.15) is 61.3 Å². The first kappa shape index (κ1) is 21.3. The summed E-state index contributed by atoms with van der Waals surface area (Å²) < 4.78 is 10.8. The first-order valence-electron chi connectivity index (χ1n) is 9.51. The average molecular weight is 380 g/mol. The Morgan fingerprint density at radius 1 is 1.04 bits per heavy atom. The second kappa shape index (κ2) is 7.52. The molecular formula is C20H32N2O5. The number of alkyl carbamates (subject to hydrolysis) is 1. The molecule has 0 unspecified atom stereocenters. The molecule has 27 heavy (non-hydrogen) atoms. The van der Waals surface area contributed by atoms with Gasteiger partial charge in [-0.05, 0) is 54.4 Å². The summed E-state index contributed by atoms with van der Waals surface area (Å²) in [6, 6.07) is -1.59. The molecule has 2 rings (SSSR count). The Morgan fingerprint density at radius 2 is 1.63 bits per heavy atom. The van der Waals surface area contributed by atoms with Crippen LogP contribution in [0.15, 0.2) is 12.2 Å². The van der Waals surface area contributed by atoms with Crippen LogP contribution in [0.2, 0.25) is 0 Å². The van der Waals surface area contributed by atoms with Crippen molar-refractivity contribution in [1.82, 2.24) is 10.2 Å². The number of fused-ring (bicyclic) bond motifs is 1. The molecule has 2 aliphatic rings. The Kier molecular flexibility index (Phi) is 5.92. The highest BCUT2D eigenvalue weighted by Crippen LogP contribution is 2.31. The minimum Gasteiger partial charge on any atom is -0.458 e. The van der Waals surface area contributed by atoms with Crippen molar-refractivity contribution < 1.29 is 23.9 Å². The predicted molar refractivity (Wildman–Crippen MR) is 101 cm³/mol. The van der Waals surface area contributed by atoms with Crippen LogP contribution in [0.5, 0.6) is 0 Å². The van der Waals surface area contributed by atoms with E-state index in [-0.39, 0.29) is 17.9 Å². The van der Waals surface area contributed by atoms with Crippen molar-refractivity contribution in [3.63, 3.8) is 0 Å². The van der Waals surface area contributed by atoms with Gasteiger partial charge in [-0.25, -0.2) is 9.59 Å². The molecule has 1 fully saturated rings. The summed E-state index contributed by atoms with van der Waals surface area (Å²) in [6.45, 7) is 12.6. The Balaban J connectivity index is 2.20. The third-order valence-electron chi connectivity index (χ3n) is 4.46. The molecule has 1 saturated heterocycles. The zero-order valence-corrected chi connectivity index (χ0v) is 17.4. The summed E-state index contributed by atoms with van der Waals surface area (Å²) in [5.41, 5.74) is -1.28. The number of carbonyl (C=O) groups is 3. The molecule has 2 amide bonds. The quantitative estimate of drug-likeness (QED) is 0.588. The molecule has 2 heterocycles. The maximum Gasteiger partial charge on any atom is 0.408 e. The molecule has 7 nitrogen and oxygen atoms in total. The van der Waals surface area contributed by atoms with E-state index in [1.165, 1.54) is 0 Å². The third-order valence-corrected chi connectivity index (χ3v) is 4.46. The van der Waals surface area contributed by atoms with Gasteiger partial charge in [0.2, 0.25) is 5.91 Å². The van der Waals surface area contributed by atoms with Crippen LogP contribution in [-0.2, 0) is 19.1 Å². The zero-order chi connectivity index (χ0) is 20.6. The van der Waals surface area contributed by atoms with Crippen LogP contribution >= 0.6 is 0 Å². The first-order chi connectivity index (χ1) is 12.3. The summed E-state index contributed by atoms with van der Waals surface area (Å²) in [4.78, 5) is 39.6. The molecule has 4 atom stereocenters. The van der Waals surface area contributed by atoms with Gasteiger partial charge in [-0.2, -0.15) is 0 Å². The van der Waals surface area contributed by atoms with E-state index >= 15 is 0 Å². The van der Waals surface area contributed by atoms with Crippen molar-refractivity contribution in [2.75, 3.05) is 0 Å². The van der Waals surface area contributed by atoms with Gasteiger partial charge in [0.1, 0.15) is 23.3 Å². The van der Waals surface area contributed by atoms with Crippen LogP contribution in [0.25, 0.3) is 0 Å². The number of nitrogens with one attached hydrogen (secondary N) is 1. The van der Waals surface area contributed by atoms with E-state index in [4.69, 9.17) is 9.47 Å². The Labute approximate surface area is 161 Å². The lowest BCUT2D eigenvalue weighted by Crippen LogP contribution is -2.55. The Morgan fingerprint density at radius 3 is 2.19 bits per heavy atom. The zero-order valence-electron chi connectivity index (χ0n) is 17.4. The van der Waals surface area contributed by atoms with Gasteiger partial charge in [-0.1, -0.05) is 19.1 Å². The lowest BCUT2D eigenvalue weighted by Gasteiger charge is -2.32. The summed E-state index contributed by atoms with van der Waals surface area (Å²) in [5, 5.41) is 2.68. The van der Waals surface area contributed by atoms with Gasteiger partial charge in [-0.3, -0.25) is 4.79 Å². The SMILES string of the molecule is C[C@H]1C=C[C@H]2CC[C@@H](C(=O)OC(C)(C)C)N2C(=O)[C@H]1NC(=O)OC(C)(C)C. The largest absolute Gasteiger partial charge is 0.458 e. The van der Waals surface area contributed by atoms with Crippen LogP contribution in [0, 0.1) is 5.92 Å². The minimum atomic E-state index is -0.788. The number of esters is 1. The Hall–Kier alpha value is -2.05. The van der Waals surface area contributed by atoms with E-state index in [2.05, 4.69) is 5.32 Å². The highest BCUT2D eigenvalue weighted by Gasteiger charge is 2.46. The minimum absolute atomic E-state index is 0.164. The van der Waals surface area contributed by atoms with Crippen molar-refractivity contribution >= 4 is 18.0 Å². The molecule has 1 N–H and O–H groups in total. The van der Waals surface area contributed by atoms with Crippen molar-refractivity contribution in [2.45, 2.75) is 90.6 Å². The highest BCUT2D eigenvalue weighted by molar-refractivity contribution is 5.91. The second-order valence-electron chi connectivity index (χ2n) is 9.31. The number of rotatable bonds is 2. The smallest absolute Gasteiger partial charge is 0.408 e. The number of amides is 2. The van der Waals surface area contributed by atoms with Crippen molar-refractivity contribution in [3.05, 3.63) is 12.2 Å². The van der Waals surface area contributed by atoms with Crippen molar-refractivity contribution in [2.24, 2.45) is 5.92 Å². The van der Waals surface area contributed by atoms with Crippen molar-refractivity contribution in [1.29, 1.82) is 0 Å². The molecule has 7 heteroatoms. The summed E-state index contributed by atoms with van der Waals surface area (Å²) in [7, 11) is 0. The fraction of sp³-hybridized carbons (Fsp3) is 0.750.